The van der Waals surface area contributed by atoms with E-state index in [0.717, 1.165) is 24.9 Å². The third kappa shape index (κ3) is 2.77. The van der Waals surface area contributed by atoms with E-state index in [9.17, 15) is 9.59 Å². The molecular weight excluding hydrogens is 288 g/mol. The summed E-state index contributed by atoms with van der Waals surface area (Å²) >= 11 is 5.84. The first-order valence-electron chi connectivity index (χ1n) is 7.41. The van der Waals surface area contributed by atoms with Gasteiger partial charge in [-0.05, 0) is 49.4 Å². The summed E-state index contributed by atoms with van der Waals surface area (Å²) in [6.45, 7) is 2.39. The maximum absolute atomic E-state index is 12.4. The number of nitrogens with one attached hydrogen (secondary N) is 1. The number of fused-ring (bicyclic) bond motifs is 1. The van der Waals surface area contributed by atoms with Gasteiger partial charge in [0.1, 0.15) is 0 Å². The lowest BCUT2D eigenvalue weighted by Gasteiger charge is -2.25. The summed E-state index contributed by atoms with van der Waals surface area (Å²) in [5.41, 5.74) is 0.850. The lowest BCUT2D eigenvalue weighted by Crippen LogP contribution is -2.35. The summed E-state index contributed by atoms with van der Waals surface area (Å²) in [7, 11) is 0. The zero-order chi connectivity index (χ0) is 15.0. The second-order valence-corrected chi connectivity index (χ2v) is 6.51. The van der Waals surface area contributed by atoms with Crippen LogP contribution >= 0.6 is 11.6 Å². The molecule has 0 spiro atoms. The van der Waals surface area contributed by atoms with Crippen molar-refractivity contribution < 1.29 is 9.59 Å². The summed E-state index contributed by atoms with van der Waals surface area (Å²) in [5.74, 6) is 0.303. The highest BCUT2D eigenvalue weighted by atomic mass is 35.5. The molecule has 1 heterocycles. The van der Waals surface area contributed by atoms with Crippen LogP contribution in [0.3, 0.4) is 0 Å². The number of halogens is 1. The van der Waals surface area contributed by atoms with Gasteiger partial charge in [0, 0.05) is 10.7 Å². The van der Waals surface area contributed by atoms with E-state index in [2.05, 4.69) is 12.2 Å². The number of hydrogen-bond donors (Lipinski definition) is 1. The molecule has 0 radical (unpaired) electrons. The summed E-state index contributed by atoms with van der Waals surface area (Å²) in [6, 6.07) is 7.23. The molecule has 1 aliphatic carbocycles. The van der Waals surface area contributed by atoms with E-state index in [-0.39, 0.29) is 30.3 Å². The smallest absolute Gasteiger partial charge is 0.234 e. The van der Waals surface area contributed by atoms with Crippen LogP contribution < -0.4 is 5.32 Å². The van der Waals surface area contributed by atoms with Crippen LogP contribution in [0, 0.1) is 17.8 Å². The SMILES string of the molecule is C[C@H]1CC[C@H]2C(=O)N(CNc3ccc(Cl)cc3)C(=O)[C@@H]2C1. The van der Waals surface area contributed by atoms with Gasteiger partial charge in [-0.3, -0.25) is 14.5 Å². The summed E-state index contributed by atoms with van der Waals surface area (Å²) < 4.78 is 0. The van der Waals surface area contributed by atoms with Crippen molar-refractivity contribution in [3.05, 3.63) is 29.3 Å². The maximum Gasteiger partial charge on any atom is 0.234 e. The molecule has 0 unspecified atom stereocenters. The van der Waals surface area contributed by atoms with Gasteiger partial charge in [-0.25, -0.2) is 0 Å². The molecule has 1 saturated carbocycles. The first-order chi connectivity index (χ1) is 10.1. The topological polar surface area (TPSA) is 49.4 Å². The Balaban J connectivity index is 1.67. The van der Waals surface area contributed by atoms with Gasteiger partial charge in [-0.2, -0.15) is 0 Å². The van der Waals surface area contributed by atoms with E-state index in [1.807, 2.05) is 12.1 Å². The Morgan fingerprint density at radius 3 is 2.52 bits per heavy atom. The van der Waals surface area contributed by atoms with Gasteiger partial charge in [-0.15, -0.1) is 0 Å². The molecule has 0 aromatic heterocycles. The van der Waals surface area contributed by atoms with Crippen LogP contribution in [-0.2, 0) is 9.59 Å². The van der Waals surface area contributed by atoms with Gasteiger partial charge >= 0.3 is 0 Å². The van der Waals surface area contributed by atoms with Crippen LogP contribution in [0.1, 0.15) is 26.2 Å². The number of rotatable bonds is 3. The standard InChI is InChI=1S/C16H19ClN2O2/c1-10-2-7-13-14(8-10)16(21)19(15(13)20)9-18-12-5-3-11(17)4-6-12/h3-6,10,13-14,18H,2,7-9H2,1H3/t10-,13+,14+/m0/s1. The number of likely N-dealkylation sites (tertiary alicyclic amines) is 1. The number of hydrogen-bond acceptors (Lipinski definition) is 3. The fourth-order valence-corrected chi connectivity index (χ4v) is 3.48. The van der Waals surface area contributed by atoms with Gasteiger partial charge in [0.15, 0.2) is 0 Å². The van der Waals surface area contributed by atoms with Crippen LogP contribution in [0.15, 0.2) is 24.3 Å². The monoisotopic (exact) mass is 306 g/mol. The first kappa shape index (κ1) is 14.4. The Morgan fingerprint density at radius 1 is 1.14 bits per heavy atom. The van der Waals surface area contributed by atoms with Gasteiger partial charge in [-0.1, -0.05) is 18.5 Å². The molecule has 1 aliphatic heterocycles. The van der Waals surface area contributed by atoms with Crippen molar-refractivity contribution >= 4 is 29.1 Å². The Morgan fingerprint density at radius 2 is 1.81 bits per heavy atom. The van der Waals surface area contributed by atoms with Crippen LogP contribution in [0.25, 0.3) is 0 Å². The molecule has 5 heteroatoms. The van der Waals surface area contributed by atoms with Gasteiger partial charge < -0.3 is 5.32 Å². The Kier molecular flexibility index (Phi) is 3.89. The van der Waals surface area contributed by atoms with Gasteiger partial charge in [0.2, 0.25) is 11.8 Å². The second kappa shape index (κ2) is 5.68. The van der Waals surface area contributed by atoms with Crippen molar-refractivity contribution in [3.8, 4) is 0 Å². The highest BCUT2D eigenvalue weighted by Gasteiger charge is 2.49. The van der Waals surface area contributed by atoms with Crippen molar-refractivity contribution in [1.29, 1.82) is 0 Å². The van der Waals surface area contributed by atoms with Crippen LogP contribution in [-0.4, -0.2) is 23.4 Å². The minimum absolute atomic E-state index is 0.0154. The van der Waals surface area contributed by atoms with E-state index in [0.29, 0.717) is 10.9 Å². The molecular formula is C16H19ClN2O2. The number of carbonyl (C=O) groups is 2. The normalized spacial score (nSPS) is 28.7. The first-order valence-corrected chi connectivity index (χ1v) is 7.78. The number of imide groups is 1. The minimum atomic E-state index is -0.103. The molecule has 0 bridgehead atoms. The summed E-state index contributed by atoms with van der Waals surface area (Å²) in [6.07, 6.45) is 2.72. The lowest BCUT2D eigenvalue weighted by atomic mass is 9.76. The number of anilines is 1. The van der Waals surface area contributed by atoms with Crippen molar-refractivity contribution in [3.63, 3.8) is 0 Å². The summed E-state index contributed by atoms with van der Waals surface area (Å²) in [4.78, 5) is 26.2. The van der Waals surface area contributed by atoms with Gasteiger partial charge in [0.25, 0.3) is 0 Å². The lowest BCUT2D eigenvalue weighted by molar-refractivity contribution is -0.139. The quantitative estimate of drug-likeness (QED) is 0.873. The number of carbonyl (C=O) groups excluding carboxylic acids is 2. The highest BCUT2D eigenvalue weighted by Crippen LogP contribution is 2.40. The van der Waals surface area contributed by atoms with Crippen LogP contribution in [0.5, 0.6) is 0 Å². The third-order valence-corrected chi connectivity index (χ3v) is 4.82. The van der Waals surface area contributed by atoms with Crippen molar-refractivity contribution in [2.75, 3.05) is 12.0 Å². The molecule has 3 atom stereocenters. The third-order valence-electron chi connectivity index (χ3n) is 4.56. The van der Waals surface area contributed by atoms with Crippen LogP contribution in [0.4, 0.5) is 5.69 Å². The van der Waals surface area contributed by atoms with Crippen molar-refractivity contribution in [1.82, 2.24) is 4.90 Å². The van der Waals surface area contributed by atoms with E-state index in [1.54, 1.807) is 12.1 Å². The fourth-order valence-electron chi connectivity index (χ4n) is 3.35. The van der Waals surface area contributed by atoms with Gasteiger partial charge in [0.05, 0.1) is 18.5 Å². The minimum Gasteiger partial charge on any atom is -0.367 e. The molecule has 3 rings (SSSR count). The highest BCUT2D eigenvalue weighted by molar-refractivity contribution is 6.30. The molecule has 1 saturated heterocycles. The molecule has 2 amide bonds. The molecule has 2 aliphatic rings. The van der Waals surface area contributed by atoms with E-state index < -0.39 is 0 Å². The Bertz CT molecular complexity index is 558. The largest absolute Gasteiger partial charge is 0.367 e. The van der Waals surface area contributed by atoms with E-state index in [4.69, 9.17) is 11.6 Å². The van der Waals surface area contributed by atoms with E-state index >= 15 is 0 Å². The maximum atomic E-state index is 12.4. The number of benzene rings is 1. The Hall–Kier alpha value is -1.55. The predicted molar refractivity (Wildman–Crippen MR) is 81.8 cm³/mol. The molecule has 2 fully saturated rings. The molecule has 1 aromatic carbocycles. The summed E-state index contributed by atoms with van der Waals surface area (Å²) in [5, 5.41) is 3.78. The average molecular weight is 307 g/mol. The Labute approximate surface area is 129 Å². The fraction of sp³-hybridized carbons (Fsp3) is 0.500. The number of amides is 2. The average Bonchev–Trinajstić information content (AvgIpc) is 2.70. The molecule has 1 aromatic rings. The van der Waals surface area contributed by atoms with Crippen molar-refractivity contribution in [2.45, 2.75) is 26.2 Å². The zero-order valence-corrected chi connectivity index (χ0v) is 12.8. The molecule has 21 heavy (non-hydrogen) atoms. The molecule has 4 nitrogen and oxygen atoms in total. The number of nitrogens with zero attached hydrogens (tertiary/aromatic N) is 1. The second-order valence-electron chi connectivity index (χ2n) is 6.08. The van der Waals surface area contributed by atoms with Crippen LogP contribution in [0.2, 0.25) is 5.02 Å². The van der Waals surface area contributed by atoms with E-state index in [1.165, 1.54) is 4.90 Å². The predicted octanol–water partition coefficient (Wildman–Crippen LogP) is 3.13. The van der Waals surface area contributed by atoms with Crippen molar-refractivity contribution in [2.24, 2.45) is 17.8 Å². The molecule has 1 N–H and O–H groups in total. The molecule has 112 valence electrons. The zero-order valence-electron chi connectivity index (χ0n) is 12.0.